The van der Waals surface area contributed by atoms with Crippen molar-refractivity contribution in [3.63, 3.8) is 0 Å². The third-order valence-electron chi connectivity index (χ3n) is 4.81. The molecule has 0 aliphatic carbocycles. The molecule has 0 atom stereocenters. The summed E-state index contributed by atoms with van der Waals surface area (Å²) in [6.45, 7) is 3.67. The molecule has 0 saturated carbocycles. The van der Waals surface area contributed by atoms with E-state index in [0.29, 0.717) is 0 Å². The Bertz CT molecular complexity index is 1050. The molecule has 120 valence electrons. The molecule has 0 bridgehead atoms. The highest BCUT2D eigenvalue weighted by atomic mass is 16.3. The number of rotatable bonds is 2. The van der Waals surface area contributed by atoms with Gasteiger partial charge >= 0.3 is 0 Å². The van der Waals surface area contributed by atoms with E-state index in [1.807, 2.05) is 32.0 Å². The summed E-state index contributed by atoms with van der Waals surface area (Å²) >= 11 is 0. The zero-order valence-electron chi connectivity index (χ0n) is 14.2. The zero-order chi connectivity index (χ0) is 16.9. The maximum atomic E-state index is 10.5. The van der Waals surface area contributed by atoms with Gasteiger partial charge in [-0.3, -0.25) is 0 Å². The predicted octanol–water partition coefficient (Wildman–Crippen LogP) is 5.23. The molecule has 1 aromatic heterocycles. The monoisotopic (exact) mass is 315 g/mol. The molecule has 0 fully saturated rings. The molecule has 0 unspecified atom stereocenters. The van der Waals surface area contributed by atoms with E-state index in [-0.39, 0.29) is 0 Å². The Morgan fingerprint density at radius 1 is 0.792 bits per heavy atom. The molecule has 4 rings (SSSR count). The van der Waals surface area contributed by atoms with Gasteiger partial charge in [-0.15, -0.1) is 0 Å². The van der Waals surface area contributed by atoms with Crippen molar-refractivity contribution in [3.05, 3.63) is 72.3 Å². The molecule has 0 aliphatic rings. The SMILES string of the molecule is Cn1c2ccccc2c2ccc(-c3ccccc3C(C)(C)O)cc21. The first-order chi connectivity index (χ1) is 11.5. The van der Waals surface area contributed by atoms with Crippen LogP contribution in [0.4, 0.5) is 0 Å². The second kappa shape index (κ2) is 5.22. The minimum absolute atomic E-state index is 0.871. The highest BCUT2D eigenvalue weighted by Crippen LogP contribution is 2.35. The summed E-state index contributed by atoms with van der Waals surface area (Å²) in [6, 6.07) is 23.1. The summed E-state index contributed by atoms with van der Waals surface area (Å²) in [5, 5.41) is 13.0. The molecule has 1 heterocycles. The van der Waals surface area contributed by atoms with Crippen molar-refractivity contribution in [1.29, 1.82) is 0 Å². The van der Waals surface area contributed by atoms with E-state index in [0.717, 1.165) is 16.7 Å². The molecule has 24 heavy (non-hydrogen) atoms. The summed E-state index contributed by atoms with van der Waals surface area (Å²) in [5.74, 6) is 0. The van der Waals surface area contributed by atoms with E-state index < -0.39 is 5.60 Å². The molecule has 0 spiro atoms. The lowest BCUT2D eigenvalue weighted by atomic mass is 9.89. The second-order valence-corrected chi connectivity index (χ2v) is 6.91. The lowest BCUT2D eigenvalue weighted by Crippen LogP contribution is -2.16. The number of fused-ring (bicyclic) bond motifs is 3. The summed E-state index contributed by atoms with van der Waals surface area (Å²) in [5.41, 5.74) is 4.73. The van der Waals surface area contributed by atoms with Crippen molar-refractivity contribution in [1.82, 2.24) is 4.57 Å². The molecular formula is C22H21NO. The number of benzene rings is 3. The first kappa shape index (κ1) is 15.0. The highest BCUT2D eigenvalue weighted by Gasteiger charge is 2.20. The normalized spacial score (nSPS) is 12.2. The fourth-order valence-corrected chi connectivity index (χ4v) is 3.60. The Kier molecular flexibility index (Phi) is 3.26. The lowest BCUT2D eigenvalue weighted by Gasteiger charge is -2.22. The summed E-state index contributed by atoms with van der Waals surface area (Å²) < 4.78 is 2.24. The minimum atomic E-state index is -0.871. The lowest BCUT2D eigenvalue weighted by molar-refractivity contribution is 0.0792. The quantitative estimate of drug-likeness (QED) is 0.538. The first-order valence-electron chi connectivity index (χ1n) is 8.26. The van der Waals surface area contributed by atoms with Crippen LogP contribution in [0.2, 0.25) is 0 Å². The number of hydrogen-bond acceptors (Lipinski definition) is 1. The molecule has 0 saturated heterocycles. The van der Waals surface area contributed by atoms with E-state index in [1.165, 1.54) is 21.8 Å². The van der Waals surface area contributed by atoms with Gasteiger partial charge in [-0.05, 0) is 42.7 Å². The molecule has 2 heteroatoms. The van der Waals surface area contributed by atoms with Crippen molar-refractivity contribution >= 4 is 21.8 Å². The van der Waals surface area contributed by atoms with Crippen LogP contribution >= 0.6 is 0 Å². The van der Waals surface area contributed by atoms with Gasteiger partial charge in [-0.2, -0.15) is 0 Å². The largest absolute Gasteiger partial charge is 0.386 e. The third-order valence-corrected chi connectivity index (χ3v) is 4.81. The van der Waals surface area contributed by atoms with Gasteiger partial charge in [0.2, 0.25) is 0 Å². The van der Waals surface area contributed by atoms with Crippen LogP contribution in [0.15, 0.2) is 66.7 Å². The van der Waals surface area contributed by atoms with Crippen molar-refractivity contribution in [2.45, 2.75) is 19.4 Å². The maximum Gasteiger partial charge on any atom is 0.0846 e. The molecule has 0 amide bonds. The van der Waals surface area contributed by atoms with Gasteiger partial charge in [0, 0.05) is 28.9 Å². The summed E-state index contributed by atoms with van der Waals surface area (Å²) in [7, 11) is 2.11. The van der Waals surface area contributed by atoms with E-state index in [4.69, 9.17) is 0 Å². The average molecular weight is 315 g/mol. The van der Waals surface area contributed by atoms with E-state index in [1.54, 1.807) is 0 Å². The fourth-order valence-electron chi connectivity index (χ4n) is 3.60. The van der Waals surface area contributed by atoms with Crippen LogP contribution in [-0.2, 0) is 12.6 Å². The van der Waals surface area contributed by atoms with Gasteiger partial charge in [0.15, 0.2) is 0 Å². The Morgan fingerprint density at radius 2 is 1.46 bits per heavy atom. The number of para-hydroxylation sites is 1. The number of aryl methyl sites for hydroxylation is 1. The van der Waals surface area contributed by atoms with Crippen molar-refractivity contribution in [2.75, 3.05) is 0 Å². The maximum absolute atomic E-state index is 10.5. The highest BCUT2D eigenvalue weighted by molar-refractivity contribution is 6.09. The van der Waals surface area contributed by atoms with Crippen LogP contribution < -0.4 is 0 Å². The topological polar surface area (TPSA) is 25.2 Å². The van der Waals surface area contributed by atoms with Crippen LogP contribution in [0.25, 0.3) is 32.9 Å². The Morgan fingerprint density at radius 3 is 2.25 bits per heavy atom. The smallest absolute Gasteiger partial charge is 0.0846 e. The standard InChI is InChI=1S/C22H21NO/c1-22(2,24)19-10-6-4-8-16(19)15-12-13-18-17-9-5-7-11-20(17)23(3)21(18)14-15/h4-14,24H,1-3H3. The number of nitrogens with zero attached hydrogens (tertiary/aromatic N) is 1. The van der Waals surface area contributed by atoms with Gasteiger partial charge < -0.3 is 9.67 Å². The predicted molar refractivity (Wildman–Crippen MR) is 101 cm³/mol. The van der Waals surface area contributed by atoms with E-state index >= 15 is 0 Å². The Hall–Kier alpha value is -2.58. The van der Waals surface area contributed by atoms with Gasteiger partial charge in [-0.25, -0.2) is 0 Å². The molecular weight excluding hydrogens is 294 g/mol. The van der Waals surface area contributed by atoms with Gasteiger partial charge in [-0.1, -0.05) is 54.6 Å². The zero-order valence-corrected chi connectivity index (χ0v) is 14.2. The number of hydrogen-bond donors (Lipinski definition) is 1. The number of aliphatic hydroxyl groups is 1. The van der Waals surface area contributed by atoms with E-state index in [9.17, 15) is 5.11 Å². The van der Waals surface area contributed by atoms with Crippen LogP contribution in [-0.4, -0.2) is 9.67 Å². The Labute approximate surface area is 142 Å². The minimum Gasteiger partial charge on any atom is -0.386 e. The molecule has 1 N–H and O–H groups in total. The van der Waals surface area contributed by atoms with Crippen molar-refractivity contribution in [2.24, 2.45) is 7.05 Å². The van der Waals surface area contributed by atoms with Gasteiger partial charge in [0.25, 0.3) is 0 Å². The summed E-state index contributed by atoms with van der Waals surface area (Å²) in [6.07, 6.45) is 0. The summed E-state index contributed by atoms with van der Waals surface area (Å²) in [4.78, 5) is 0. The molecule has 0 radical (unpaired) electrons. The van der Waals surface area contributed by atoms with Crippen LogP contribution in [0.3, 0.4) is 0 Å². The molecule has 2 nitrogen and oxygen atoms in total. The van der Waals surface area contributed by atoms with Crippen LogP contribution in [0.1, 0.15) is 19.4 Å². The second-order valence-electron chi connectivity index (χ2n) is 6.91. The molecule has 4 aromatic rings. The first-order valence-corrected chi connectivity index (χ1v) is 8.26. The number of aromatic nitrogens is 1. The van der Waals surface area contributed by atoms with Gasteiger partial charge in [0.1, 0.15) is 0 Å². The van der Waals surface area contributed by atoms with Crippen LogP contribution in [0, 0.1) is 0 Å². The van der Waals surface area contributed by atoms with E-state index in [2.05, 4.69) is 60.1 Å². The third kappa shape index (κ3) is 2.22. The van der Waals surface area contributed by atoms with Gasteiger partial charge in [0.05, 0.1) is 5.60 Å². The van der Waals surface area contributed by atoms with Crippen molar-refractivity contribution < 1.29 is 5.11 Å². The molecule has 0 aliphatic heterocycles. The Balaban J connectivity index is 2.00. The van der Waals surface area contributed by atoms with Crippen LogP contribution in [0.5, 0.6) is 0 Å². The van der Waals surface area contributed by atoms with Crippen molar-refractivity contribution in [3.8, 4) is 11.1 Å². The molecule has 3 aromatic carbocycles. The fraction of sp³-hybridized carbons (Fsp3) is 0.182. The average Bonchev–Trinajstić information content (AvgIpc) is 2.87.